The number of anilines is 2. The van der Waals surface area contributed by atoms with Crippen LogP contribution in [0.15, 0.2) is 42.6 Å². The van der Waals surface area contributed by atoms with Gasteiger partial charge in [-0.1, -0.05) is 30.3 Å². The number of nitrogens with zero attached hydrogens (tertiary/aromatic N) is 2. The molecule has 1 aromatic heterocycles. The zero-order chi connectivity index (χ0) is 26.5. The van der Waals surface area contributed by atoms with Crippen molar-refractivity contribution in [3.05, 3.63) is 53.7 Å². The number of hydrogen-bond acceptors (Lipinski definition) is 6. The number of rotatable bonds is 4. The molecular weight excluding hydrogens is 462 g/mol. The molecule has 1 saturated heterocycles. The van der Waals surface area contributed by atoms with E-state index in [1.165, 1.54) is 11.1 Å². The third-order valence-corrected chi connectivity index (χ3v) is 5.79. The topological polar surface area (TPSA) is 130 Å². The zero-order valence-corrected chi connectivity index (χ0v) is 21.3. The zero-order valence-electron chi connectivity index (χ0n) is 21.3. The van der Waals surface area contributed by atoms with E-state index in [1.54, 1.807) is 40.8 Å². The molecule has 4 amide bonds. The lowest BCUT2D eigenvalue weighted by molar-refractivity contribution is -0.148. The Kier molecular flexibility index (Phi) is 8.29. The number of ether oxygens (including phenoxy) is 1. The van der Waals surface area contributed by atoms with E-state index in [0.717, 1.165) is 5.56 Å². The lowest BCUT2D eigenvalue weighted by Gasteiger charge is -2.39. The van der Waals surface area contributed by atoms with Crippen molar-refractivity contribution in [1.82, 2.24) is 15.2 Å². The third kappa shape index (κ3) is 6.80. The summed E-state index contributed by atoms with van der Waals surface area (Å²) in [6.45, 7) is 7.11. The van der Waals surface area contributed by atoms with Gasteiger partial charge < -0.3 is 20.3 Å². The average molecular weight is 496 g/mol. The van der Waals surface area contributed by atoms with Crippen LogP contribution in [-0.4, -0.2) is 52.9 Å². The molecule has 2 atom stereocenters. The summed E-state index contributed by atoms with van der Waals surface area (Å²) in [4.78, 5) is 56.1. The lowest BCUT2D eigenvalue weighted by Crippen LogP contribution is -2.49. The SMILES string of the molecule is CNC(=O)C1CCC(c2ccccc2)N(C(=O)C(=O)Nc2cnc(NC(=O)OC(C)(C)C)c(C)c2)C1. The Hall–Kier alpha value is -3.95. The molecule has 2 aromatic rings. The first-order valence-electron chi connectivity index (χ1n) is 11.8. The smallest absolute Gasteiger partial charge is 0.413 e. The summed E-state index contributed by atoms with van der Waals surface area (Å²) in [5.41, 5.74) is 1.13. The molecular formula is C26H33N5O5. The van der Waals surface area contributed by atoms with Gasteiger partial charge in [-0.2, -0.15) is 0 Å². The van der Waals surface area contributed by atoms with E-state index in [1.807, 2.05) is 30.3 Å². The van der Waals surface area contributed by atoms with E-state index in [9.17, 15) is 19.2 Å². The fraction of sp³-hybridized carbons (Fsp3) is 0.423. The van der Waals surface area contributed by atoms with Crippen molar-refractivity contribution in [2.45, 2.75) is 52.2 Å². The maximum atomic E-state index is 13.3. The van der Waals surface area contributed by atoms with Crippen LogP contribution in [0.1, 0.15) is 50.8 Å². The Labute approximate surface area is 210 Å². The van der Waals surface area contributed by atoms with Crippen molar-refractivity contribution in [3.63, 3.8) is 0 Å². The highest BCUT2D eigenvalue weighted by molar-refractivity contribution is 6.39. The number of benzene rings is 1. The first kappa shape index (κ1) is 26.7. The van der Waals surface area contributed by atoms with Gasteiger partial charge in [0, 0.05) is 13.6 Å². The number of nitrogens with one attached hydrogen (secondary N) is 3. The molecule has 0 aliphatic carbocycles. The van der Waals surface area contributed by atoms with Crippen LogP contribution in [0, 0.1) is 12.8 Å². The third-order valence-electron chi connectivity index (χ3n) is 5.79. The Morgan fingerprint density at radius 1 is 1.06 bits per heavy atom. The van der Waals surface area contributed by atoms with Crippen LogP contribution in [0.4, 0.5) is 16.3 Å². The van der Waals surface area contributed by atoms with Crippen LogP contribution in [0.25, 0.3) is 0 Å². The second-order valence-electron chi connectivity index (χ2n) is 9.74. The van der Waals surface area contributed by atoms with Gasteiger partial charge in [-0.25, -0.2) is 9.78 Å². The predicted octanol–water partition coefficient (Wildman–Crippen LogP) is 3.40. The van der Waals surface area contributed by atoms with Crippen LogP contribution < -0.4 is 16.0 Å². The van der Waals surface area contributed by atoms with Gasteiger partial charge in [-0.05, 0) is 57.7 Å². The van der Waals surface area contributed by atoms with Gasteiger partial charge in [-0.3, -0.25) is 19.7 Å². The summed E-state index contributed by atoms with van der Waals surface area (Å²) >= 11 is 0. The number of carbonyl (C=O) groups is 4. The highest BCUT2D eigenvalue weighted by Crippen LogP contribution is 2.33. The first-order chi connectivity index (χ1) is 17.0. The number of aryl methyl sites for hydroxylation is 1. The molecule has 10 nitrogen and oxygen atoms in total. The minimum absolute atomic E-state index is 0.140. The molecule has 3 rings (SSSR count). The number of likely N-dealkylation sites (tertiary alicyclic amines) is 1. The molecule has 0 radical (unpaired) electrons. The van der Waals surface area contributed by atoms with E-state index in [-0.39, 0.29) is 24.3 Å². The lowest BCUT2D eigenvalue weighted by atomic mass is 9.88. The van der Waals surface area contributed by atoms with Crippen molar-refractivity contribution in [2.75, 3.05) is 24.2 Å². The van der Waals surface area contributed by atoms with Crippen molar-refractivity contribution in [1.29, 1.82) is 0 Å². The van der Waals surface area contributed by atoms with Gasteiger partial charge in [0.1, 0.15) is 11.4 Å². The molecule has 2 heterocycles. The Balaban J connectivity index is 1.73. The van der Waals surface area contributed by atoms with E-state index in [2.05, 4.69) is 20.9 Å². The molecule has 3 N–H and O–H groups in total. The molecule has 1 aliphatic rings. The van der Waals surface area contributed by atoms with Gasteiger partial charge in [0.2, 0.25) is 5.91 Å². The second-order valence-corrected chi connectivity index (χ2v) is 9.74. The number of amides is 4. The Morgan fingerprint density at radius 3 is 2.36 bits per heavy atom. The van der Waals surface area contributed by atoms with Crippen LogP contribution in [0.5, 0.6) is 0 Å². The maximum absolute atomic E-state index is 13.3. The van der Waals surface area contributed by atoms with Gasteiger partial charge in [-0.15, -0.1) is 0 Å². The van der Waals surface area contributed by atoms with Crippen molar-refractivity contribution in [3.8, 4) is 0 Å². The largest absolute Gasteiger partial charge is 0.444 e. The maximum Gasteiger partial charge on any atom is 0.413 e. The molecule has 1 aliphatic heterocycles. The van der Waals surface area contributed by atoms with E-state index in [4.69, 9.17) is 4.74 Å². The minimum atomic E-state index is -0.831. The highest BCUT2D eigenvalue weighted by atomic mass is 16.6. The number of aromatic nitrogens is 1. The van der Waals surface area contributed by atoms with E-state index in [0.29, 0.717) is 24.1 Å². The highest BCUT2D eigenvalue weighted by Gasteiger charge is 2.37. The fourth-order valence-corrected chi connectivity index (χ4v) is 4.12. The molecule has 0 spiro atoms. The van der Waals surface area contributed by atoms with Gasteiger partial charge in [0.15, 0.2) is 0 Å². The second kappa shape index (κ2) is 11.2. The van der Waals surface area contributed by atoms with Crippen LogP contribution in [-0.2, 0) is 19.1 Å². The van der Waals surface area contributed by atoms with Crippen LogP contribution in [0.3, 0.4) is 0 Å². The van der Waals surface area contributed by atoms with E-state index < -0.39 is 29.4 Å². The average Bonchev–Trinajstić information content (AvgIpc) is 2.83. The summed E-state index contributed by atoms with van der Waals surface area (Å²) < 4.78 is 5.23. The molecule has 10 heteroatoms. The first-order valence-corrected chi connectivity index (χ1v) is 11.8. The summed E-state index contributed by atoms with van der Waals surface area (Å²) in [7, 11) is 1.56. The summed E-state index contributed by atoms with van der Waals surface area (Å²) in [6, 6.07) is 10.7. The molecule has 1 aromatic carbocycles. The van der Waals surface area contributed by atoms with Gasteiger partial charge in [0.05, 0.1) is 23.8 Å². The summed E-state index contributed by atoms with van der Waals surface area (Å²) in [6.07, 6.45) is 1.88. The van der Waals surface area contributed by atoms with E-state index >= 15 is 0 Å². The molecule has 1 fully saturated rings. The Bertz CT molecular complexity index is 1130. The minimum Gasteiger partial charge on any atom is -0.444 e. The number of hydrogen-bond donors (Lipinski definition) is 3. The summed E-state index contributed by atoms with van der Waals surface area (Å²) in [5.74, 6) is -1.84. The number of carbonyl (C=O) groups excluding carboxylic acids is 4. The van der Waals surface area contributed by atoms with Crippen LogP contribution >= 0.6 is 0 Å². The summed E-state index contributed by atoms with van der Waals surface area (Å²) in [5, 5.41) is 7.79. The molecule has 36 heavy (non-hydrogen) atoms. The van der Waals surface area contributed by atoms with Crippen molar-refractivity contribution < 1.29 is 23.9 Å². The van der Waals surface area contributed by atoms with Gasteiger partial charge >= 0.3 is 17.9 Å². The number of pyridine rings is 1. The van der Waals surface area contributed by atoms with Crippen molar-refractivity contribution in [2.24, 2.45) is 5.92 Å². The number of piperidine rings is 1. The molecule has 0 bridgehead atoms. The standard InChI is InChI=1S/C26H33N5O5/c1-16-13-19(14-28-21(16)30-25(35)36-26(2,3)4)29-23(33)24(34)31-15-18(22(32)27-5)11-12-20(31)17-9-7-6-8-10-17/h6-10,13-14,18,20H,11-12,15H2,1-5H3,(H,27,32)(H,29,33)(H,28,30,35). The molecule has 192 valence electrons. The monoisotopic (exact) mass is 495 g/mol. The molecule has 2 unspecified atom stereocenters. The Morgan fingerprint density at radius 2 is 1.75 bits per heavy atom. The van der Waals surface area contributed by atoms with Crippen LogP contribution in [0.2, 0.25) is 0 Å². The van der Waals surface area contributed by atoms with Gasteiger partial charge in [0.25, 0.3) is 0 Å². The van der Waals surface area contributed by atoms with Crippen molar-refractivity contribution >= 4 is 35.3 Å². The quantitative estimate of drug-likeness (QED) is 0.558. The molecule has 0 saturated carbocycles. The normalized spacial score (nSPS) is 17.6. The predicted molar refractivity (Wildman–Crippen MR) is 135 cm³/mol. The fourth-order valence-electron chi connectivity index (χ4n) is 4.12.